The highest BCUT2D eigenvalue weighted by molar-refractivity contribution is 8.67. The normalized spacial score (nSPS) is 15.2. The van der Waals surface area contributed by atoms with E-state index in [0.29, 0.717) is 6.61 Å². The molecule has 0 radical (unpaired) electrons. The van der Waals surface area contributed by atoms with E-state index in [0.717, 1.165) is 41.3 Å². The molecule has 2 rings (SSSR count). The van der Waals surface area contributed by atoms with Gasteiger partial charge in [0.25, 0.3) is 0 Å². The Morgan fingerprint density at radius 3 is 2.56 bits per heavy atom. The van der Waals surface area contributed by atoms with Gasteiger partial charge in [-0.05, 0) is 93.3 Å². The number of benzene rings is 2. The Hall–Kier alpha value is -1.12. The predicted molar refractivity (Wildman–Crippen MR) is 136 cm³/mol. The zero-order valence-electron chi connectivity index (χ0n) is 19.4. The van der Waals surface area contributed by atoms with Crippen molar-refractivity contribution in [3.05, 3.63) is 59.7 Å². The van der Waals surface area contributed by atoms with Gasteiger partial charge in [-0.3, -0.25) is 4.90 Å². The molecule has 2 unspecified atom stereocenters. The van der Waals surface area contributed by atoms with Crippen LogP contribution in [-0.2, 0) is 33.9 Å². The topological polar surface area (TPSA) is 60.4 Å². The van der Waals surface area contributed by atoms with Crippen LogP contribution in [0.2, 0.25) is 0 Å². The maximum absolute atomic E-state index is 10.1. The third kappa shape index (κ3) is 9.02. The molecule has 2 aromatic carbocycles. The lowest BCUT2D eigenvalue weighted by Gasteiger charge is -2.31. The van der Waals surface area contributed by atoms with Gasteiger partial charge in [-0.2, -0.15) is 0 Å². The molecule has 0 saturated carbocycles. The van der Waals surface area contributed by atoms with Crippen molar-refractivity contribution in [3.63, 3.8) is 0 Å². The van der Waals surface area contributed by atoms with Crippen molar-refractivity contribution in [2.45, 2.75) is 39.0 Å². The van der Waals surface area contributed by atoms with Crippen molar-refractivity contribution in [2.75, 3.05) is 33.8 Å². The van der Waals surface area contributed by atoms with Crippen LogP contribution in [0.1, 0.15) is 25.0 Å². The predicted octanol–water partition coefficient (Wildman–Crippen LogP) is 5.10. The smallest absolute Gasteiger partial charge is 0.246 e. The van der Waals surface area contributed by atoms with E-state index >= 15 is 0 Å². The molecule has 0 aromatic heterocycles. The summed E-state index contributed by atoms with van der Waals surface area (Å²) in [6.07, 6.45) is 1.17. The van der Waals surface area contributed by atoms with E-state index in [-0.39, 0.29) is 18.3 Å². The minimum atomic E-state index is -2.86. The standard InChI is InChI=1S/C23H34NO5PS2/c1-6-28-30(25,31)32-17-27-18(2)23(24(3)4)29-22-13-8-7-11-20(22)15-14-19-10-9-12-21(16-19)26-5/h7-13,16,18,23H,6,14-15,17H2,1-5H3,(H,25,31)/t18?,23-,30?/m0/s1. The van der Waals surface area contributed by atoms with E-state index in [1.165, 1.54) is 5.56 Å². The molecule has 0 bridgehead atoms. The minimum Gasteiger partial charge on any atom is -0.497 e. The first-order valence-electron chi connectivity index (χ1n) is 10.5. The molecule has 0 heterocycles. The van der Waals surface area contributed by atoms with Crippen LogP contribution in [-0.4, -0.2) is 55.9 Å². The highest BCUT2D eigenvalue weighted by atomic mass is 32.9. The minimum absolute atomic E-state index is 0.236. The Labute approximate surface area is 201 Å². The van der Waals surface area contributed by atoms with E-state index in [9.17, 15) is 4.89 Å². The second kappa shape index (κ2) is 13.6. The van der Waals surface area contributed by atoms with E-state index in [2.05, 4.69) is 18.2 Å². The van der Waals surface area contributed by atoms with Crippen LogP contribution in [0, 0.1) is 0 Å². The number of methoxy groups -OCH3 is 1. The summed E-state index contributed by atoms with van der Waals surface area (Å²) in [7, 11) is 5.58. The Kier molecular flexibility index (Phi) is 11.5. The first-order valence-corrected chi connectivity index (χ1v) is 14.8. The number of nitrogens with zero attached hydrogens (tertiary/aromatic N) is 1. The maximum atomic E-state index is 10.1. The van der Waals surface area contributed by atoms with Crippen LogP contribution in [0.25, 0.3) is 0 Å². The van der Waals surface area contributed by atoms with Crippen LogP contribution in [0.15, 0.2) is 48.5 Å². The Morgan fingerprint density at radius 1 is 1.12 bits per heavy atom. The quantitative estimate of drug-likeness (QED) is 0.285. The number of para-hydroxylation sites is 1. The van der Waals surface area contributed by atoms with Crippen LogP contribution >= 0.6 is 17.1 Å². The molecule has 2 aromatic rings. The first-order chi connectivity index (χ1) is 15.3. The molecule has 0 saturated heterocycles. The van der Waals surface area contributed by atoms with Gasteiger partial charge in [-0.1, -0.05) is 30.3 Å². The monoisotopic (exact) mass is 499 g/mol. The molecule has 0 aliphatic heterocycles. The summed E-state index contributed by atoms with van der Waals surface area (Å²) >= 11 is 6.23. The van der Waals surface area contributed by atoms with Gasteiger partial charge in [0.2, 0.25) is 5.69 Å². The molecule has 3 atom stereocenters. The number of ether oxygens (including phenoxy) is 3. The maximum Gasteiger partial charge on any atom is 0.246 e. The van der Waals surface area contributed by atoms with Crippen molar-refractivity contribution < 1.29 is 23.6 Å². The van der Waals surface area contributed by atoms with Crippen molar-refractivity contribution in [3.8, 4) is 11.5 Å². The lowest BCUT2D eigenvalue weighted by molar-refractivity contribution is -0.0597. The summed E-state index contributed by atoms with van der Waals surface area (Å²) in [6.45, 7) is 4.14. The van der Waals surface area contributed by atoms with Gasteiger partial charge in [-0.15, -0.1) is 0 Å². The SMILES string of the molecule is CCOP(O)(=S)SCOC(C)[C@H](Oc1ccccc1CCc1cccc(OC)c1)N(C)C. The average Bonchev–Trinajstić information content (AvgIpc) is 2.76. The number of hydrogen-bond donors (Lipinski definition) is 1. The van der Waals surface area contributed by atoms with E-state index < -0.39 is 5.69 Å². The van der Waals surface area contributed by atoms with Gasteiger partial charge in [-0.25, -0.2) is 0 Å². The zero-order chi connectivity index (χ0) is 23.6. The summed E-state index contributed by atoms with van der Waals surface area (Å²) in [5.74, 6) is 1.93. The van der Waals surface area contributed by atoms with E-state index in [4.69, 9.17) is 30.5 Å². The fourth-order valence-electron chi connectivity index (χ4n) is 3.17. The first kappa shape index (κ1) is 27.1. The third-order valence-corrected chi connectivity index (χ3v) is 8.82. The second-order valence-electron chi connectivity index (χ2n) is 7.44. The highest BCUT2D eigenvalue weighted by Gasteiger charge is 2.24. The summed E-state index contributed by atoms with van der Waals surface area (Å²) in [6, 6.07) is 16.2. The van der Waals surface area contributed by atoms with Gasteiger partial charge in [0.05, 0.1) is 13.7 Å². The van der Waals surface area contributed by atoms with Crippen molar-refractivity contribution in [1.82, 2.24) is 4.90 Å². The van der Waals surface area contributed by atoms with Gasteiger partial charge < -0.3 is 23.6 Å². The summed E-state index contributed by atoms with van der Waals surface area (Å²) in [5, 5.41) is 0. The summed E-state index contributed by atoms with van der Waals surface area (Å²) in [5.41, 5.74) is -0.515. The van der Waals surface area contributed by atoms with Crippen LogP contribution in [0.3, 0.4) is 0 Å². The average molecular weight is 500 g/mol. The van der Waals surface area contributed by atoms with Gasteiger partial charge >= 0.3 is 0 Å². The lowest BCUT2D eigenvalue weighted by atomic mass is 10.0. The second-order valence-corrected chi connectivity index (χ2v) is 13.6. The zero-order valence-corrected chi connectivity index (χ0v) is 21.9. The highest BCUT2D eigenvalue weighted by Crippen LogP contribution is 2.55. The fraction of sp³-hybridized carbons (Fsp3) is 0.478. The van der Waals surface area contributed by atoms with Gasteiger partial charge in [0.1, 0.15) is 23.5 Å². The number of likely N-dealkylation sites (N-methyl/N-ethyl adjacent to an activating group) is 1. The van der Waals surface area contributed by atoms with Crippen molar-refractivity contribution >= 4 is 28.9 Å². The van der Waals surface area contributed by atoms with Crippen molar-refractivity contribution in [2.24, 2.45) is 0 Å². The molecule has 0 aliphatic rings. The molecular formula is C23H34NO5PS2. The van der Waals surface area contributed by atoms with Crippen LogP contribution < -0.4 is 9.47 Å². The summed E-state index contributed by atoms with van der Waals surface area (Å²) < 4.78 is 22.9. The van der Waals surface area contributed by atoms with Crippen molar-refractivity contribution in [1.29, 1.82) is 0 Å². The molecular weight excluding hydrogens is 465 g/mol. The number of hydrogen-bond acceptors (Lipinski definition) is 7. The molecule has 6 nitrogen and oxygen atoms in total. The number of aryl methyl sites for hydroxylation is 2. The van der Waals surface area contributed by atoms with E-state index in [1.54, 1.807) is 7.11 Å². The lowest BCUT2D eigenvalue weighted by Crippen LogP contribution is -2.43. The Morgan fingerprint density at radius 2 is 1.88 bits per heavy atom. The molecule has 0 aliphatic carbocycles. The van der Waals surface area contributed by atoms with Gasteiger partial charge in [0.15, 0.2) is 6.23 Å². The van der Waals surface area contributed by atoms with Gasteiger partial charge in [0, 0.05) is 0 Å². The molecule has 178 valence electrons. The Balaban J connectivity index is 2.02. The van der Waals surface area contributed by atoms with Crippen LogP contribution in [0.5, 0.6) is 11.5 Å². The molecule has 0 amide bonds. The largest absolute Gasteiger partial charge is 0.497 e. The number of rotatable bonds is 14. The molecule has 32 heavy (non-hydrogen) atoms. The summed E-state index contributed by atoms with van der Waals surface area (Å²) in [4.78, 5) is 12.0. The van der Waals surface area contributed by atoms with E-state index in [1.807, 2.05) is 63.2 Å². The fourth-order valence-corrected chi connectivity index (χ4v) is 5.81. The molecule has 0 spiro atoms. The molecule has 9 heteroatoms. The molecule has 1 N–H and O–H groups in total. The van der Waals surface area contributed by atoms with Crippen LogP contribution in [0.4, 0.5) is 0 Å². The third-order valence-electron chi connectivity index (χ3n) is 4.79. The molecule has 0 fully saturated rings. The Bertz CT molecular complexity index is 883.